The summed E-state index contributed by atoms with van der Waals surface area (Å²) in [6.45, 7) is 5.41. The number of rotatable bonds is 5. The average molecular weight is 410 g/mol. The van der Waals surface area contributed by atoms with Gasteiger partial charge in [-0.3, -0.25) is 0 Å². The minimum Gasteiger partial charge on any atom is -0.463 e. The molecule has 0 aromatic heterocycles. The third kappa shape index (κ3) is 4.04. The van der Waals surface area contributed by atoms with Crippen molar-refractivity contribution in [3.05, 3.63) is 57.1 Å². The van der Waals surface area contributed by atoms with Crippen molar-refractivity contribution >= 4 is 27.9 Å². The van der Waals surface area contributed by atoms with Gasteiger partial charge in [-0.25, -0.2) is 9.59 Å². The summed E-state index contributed by atoms with van der Waals surface area (Å²) >= 11 is 3.37. The largest absolute Gasteiger partial charge is 0.463 e. The molecular formula is C18H20BrNO5. The fourth-order valence-corrected chi connectivity index (χ4v) is 2.92. The average Bonchev–Trinajstić information content (AvgIpc) is 2.55. The summed E-state index contributed by atoms with van der Waals surface area (Å²) in [6.07, 6.45) is 0. The molecule has 6 nitrogen and oxygen atoms in total. The minimum absolute atomic E-state index is 0.0723. The van der Waals surface area contributed by atoms with Crippen LogP contribution in [0.5, 0.6) is 0 Å². The lowest BCUT2D eigenvalue weighted by Gasteiger charge is -2.28. The molecule has 0 bridgehead atoms. The number of hydrogen-bond donors (Lipinski definition) is 1. The fraction of sp³-hybridized carbons (Fsp3) is 0.333. The number of hydrogen-bond acceptors (Lipinski definition) is 6. The number of ether oxygens (including phenoxy) is 3. The maximum atomic E-state index is 12.5. The highest BCUT2D eigenvalue weighted by Crippen LogP contribution is 2.40. The summed E-state index contributed by atoms with van der Waals surface area (Å²) in [5.74, 6) is -1.67. The number of carbonyl (C=O) groups is 2. The Hall–Kier alpha value is -2.28. The molecule has 0 radical (unpaired) electrons. The first kappa shape index (κ1) is 19.1. The standard InChI is InChI=1S/C18H20BrNO5/c1-4-23-17(21)13-10(3)25-16(20)15(18(22)24-5-2)14(13)11-6-8-12(19)9-7-11/h6-9,14H,4-5,20H2,1-3H3. The zero-order valence-corrected chi connectivity index (χ0v) is 15.9. The predicted octanol–water partition coefficient (Wildman–Crippen LogP) is 3.13. The second-order valence-electron chi connectivity index (χ2n) is 5.28. The highest BCUT2D eigenvalue weighted by atomic mass is 79.9. The Morgan fingerprint density at radius 3 is 2.12 bits per heavy atom. The normalized spacial score (nSPS) is 17.2. The fourth-order valence-electron chi connectivity index (χ4n) is 2.65. The van der Waals surface area contributed by atoms with Crippen LogP contribution in [0.3, 0.4) is 0 Å². The van der Waals surface area contributed by atoms with Gasteiger partial charge in [0.2, 0.25) is 5.88 Å². The van der Waals surface area contributed by atoms with E-state index in [1.54, 1.807) is 32.9 Å². The Kier molecular flexibility index (Phi) is 6.25. The Labute approximate surface area is 154 Å². The van der Waals surface area contributed by atoms with Gasteiger partial charge in [0.1, 0.15) is 11.3 Å². The van der Waals surface area contributed by atoms with E-state index in [1.807, 2.05) is 12.1 Å². The van der Waals surface area contributed by atoms with Crippen LogP contribution in [0.1, 0.15) is 32.3 Å². The van der Waals surface area contributed by atoms with Crippen molar-refractivity contribution in [2.24, 2.45) is 5.73 Å². The Morgan fingerprint density at radius 1 is 1.08 bits per heavy atom. The van der Waals surface area contributed by atoms with Gasteiger partial charge in [-0.15, -0.1) is 0 Å². The molecular weight excluding hydrogens is 390 g/mol. The van der Waals surface area contributed by atoms with Crippen LogP contribution in [0.15, 0.2) is 51.5 Å². The number of esters is 2. The Bertz CT molecular complexity index is 696. The molecule has 0 amide bonds. The van der Waals surface area contributed by atoms with Gasteiger partial charge >= 0.3 is 11.9 Å². The van der Waals surface area contributed by atoms with Gasteiger partial charge < -0.3 is 19.9 Å². The van der Waals surface area contributed by atoms with Crippen LogP contribution in [0.25, 0.3) is 0 Å². The van der Waals surface area contributed by atoms with Crippen molar-refractivity contribution in [2.75, 3.05) is 13.2 Å². The number of allylic oxidation sites excluding steroid dienone is 1. The molecule has 1 unspecified atom stereocenters. The zero-order chi connectivity index (χ0) is 18.6. The van der Waals surface area contributed by atoms with Gasteiger partial charge in [-0.05, 0) is 38.5 Å². The van der Waals surface area contributed by atoms with Crippen LogP contribution in [0, 0.1) is 0 Å². The van der Waals surface area contributed by atoms with Gasteiger partial charge in [0, 0.05) is 4.47 Å². The van der Waals surface area contributed by atoms with E-state index < -0.39 is 17.9 Å². The van der Waals surface area contributed by atoms with Crippen molar-refractivity contribution in [2.45, 2.75) is 26.7 Å². The molecule has 0 aliphatic carbocycles. The molecule has 25 heavy (non-hydrogen) atoms. The van der Waals surface area contributed by atoms with E-state index in [0.717, 1.165) is 4.47 Å². The quantitative estimate of drug-likeness (QED) is 0.751. The van der Waals surface area contributed by atoms with Gasteiger partial charge in [0.25, 0.3) is 0 Å². The third-order valence-electron chi connectivity index (χ3n) is 3.68. The molecule has 0 saturated heterocycles. The Balaban J connectivity index is 2.61. The van der Waals surface area contributed by atoms with Crippen molar-refractivity contribution < 1.29 is 23.8 Å². The zero-order valence-electron chi connectivity index (χ0n) is 14.3. The maximum absolute atomic E-state index is 12.5. The first-order chi connectivity index (χ1) is 11.9. The second-order valence-corrected chi connectivity index (χ2v) is 6.19. The lowest BCUT2D eigenvalue weighted by atomic mass is 9.82. The van der Waals surface area contributed by atoms with Crippen molar-refractivity contribution in [1.82, 2.24) is 0 Å². The molecule has 1 heterocycles. The summed E-state index contributed by atoms with van der Waals surface area (Å²) in [5.41, 5.74) is 7.00. The predicted molar refractivity (Wildman–Crippen MR) is 95.1 cm³/mol. The molecule has 1 aliphatic heterocycles. The van der Waals surface area contributed by atoms with Gasteiger partial charge in [-0.1, -0.05) is 28.1 Å². The third-order valence-corrected chi connectivity index (χ3v) is 4.21. The molecule has 1 aliphatic rings. The molecule has 1 atom stereocenters. The molecule has 1 aromatic carbocycles. The molecule has 2 rings (SSSR count). The molecule has 2 N–H and O–H groups in total. The Morgan fingerprint density at radius 2 is 1.60 bits per heavy atom. The van der Waals surface area contributed by atoms with E-state index in [2.05, 4.69) is 15.9 Å². The number of halogens is 1. The van der Waals surface area contributed by atoms with E-state index in [0.29, 0.717) is 11.3 Å². The smallest absolute Gasteiger partial charge is 0.340 e. The van der Waals surface area contributed by atoms with Crippen LogP contribution >= 0.6 is 15.9 Å². The number of benzene rings is 1. The maximum Gasteiger partial charge on any atom is 0.340 e. The van der Waals surface area contributed by atoms with Crippen LogP contribution in [0.4, 0.5) is 0 Å². The highest BCUT2D eigenvalue weighted by molar-refractivity contribution is 9.10. The summed E-state index contributed by atoms with van der Waals surface area (Å²) in [7, 11) is 0. The van der Waals surface area contributed by atoms with Crippen LogP contribution in [-0.4, -0.2) is 25.2 Å². The molecule has 7 heteroatoms. The first-order valence-corrected chi connectivity index (χ1v) is 8.67. The van der Waals surface area contributed by atoms with E-state index in [4.69, 9.17) is 19.9 Å². The van der Waals surface area contributed by atoms with E-state index >= 15 is 0 Å². The summed E-state index contributed by atoms with van der Waals surface area (Å²) < 4.78 is 16.6. The van der Waals surface area contributed by atoms with E-state index in [-0.39, 0.29) is 30.2 Å². The number of carbonyl (C=O) groups excluding carboxylic acids is 2. The van der Waals surface area contributed by atoms with Gasteiger partial charge in [0.15, 0.2) is 0 Å². The highest BCUT2D eigenvalue weighted by Gasteiger charge is 2.39. The summed E-state index contributed by atoms with van der Waals surface area (Å²) in [6, 6.07) is 7.25. The van der Waals surface area contributed by atoms with Gasteiger partial charge in [0.05, 0.1) is 24.7 Å². The molecule has 0 fully saturated rings. The summed E-state index contributed by atoms with van der Waals surface area (Å²) in [4.78, 5) is 25.0. The van der Waals surface area contributed by atoms with E-state index in [9.17, 15) is 9.59 Å². The van der Waals surface area contributed by atoms with Crippen molar-refractivity contribution in [1.29, 1.82) is 0 Å². The lowest BCUT2D eigenvalue weighted by Crippen LogP contribution is -2.30. The topological polar surface area (TPSA) is 87.9 Å². The molecule has 0 spiro atoms. The van der Waals surface area contributed by atoms with Crippen molar-refractivity contribution in [3.8, 4) is 0 Å². The minimum atomic E-state index is -0.722. The van der Waals surface area contributed by atoms with Crippen LogP contribution < -0.4 is 5.73 Å². The van der Waals surface area contributed by atoms with Crippen LogP contribution in [0.2, 0.25) is 0 Å². The number of nitrogens with two attached hydrogens (primary N) is 1. The van der Waals surface area contributed by atoms with Gasteiger partial charge in [-0.2, -0.15) is 0 Å². The first-order valence-electron chi connectivity index (χ1n) is 7.88. The molecule has 134 valence electrons. The van der Waals surface area contributed by atoms with Crippen molar-refractivity contribution in [3.63, 3.8) is 0 Å². The molecule has 0 saturated carbocycles. The van der Waals surface area contributed by atoms with Crippen LogP contribution in [-0.2, 0) is 23.8 Å². The molecule has 1 aromatic rings. The lowest BCUT2D eigenvalue weighted by molar-refractivity contribution is -0.140. The van der Waals surface area contributed by atoms with E-state index in [1.165, 1.54) is 0 Å². The SMILES string of the molecule is CCOC(=O)C1=C(C)OC(N)=C(C(=O)OCC)C1c1ccc(Br)cc1. The summed E-state index contributed by atoms with van der Waals surface area (Å²) in [5, 5.41) is 0. The monoisotopic (exact) mass is 409 g/mol. The second kappa shape index (κ2) is 8.20.